The van der Waals surface area contributed by atoms with E-state index in [2.05, 4.69) is 4.74 Å². The van der Waals surface area contributed by atoms with E-state index in [1.807, 2.05) is 6.92 Å². The van der Waals surface area contributed by atoms with Gasteiger partial charge in [0.15, 0.2) is 0 Å². The molecule has 0 saturated heterocycles. The third-order valence-corrected chi connectivity index (χ3v) is 6.11. The van der Waals surface area contributed by atoms with Gasteiger partial charge in [-0.25, -0.2) is 22.4 Å². The highest BCUT2D eigenvalue weighted by atomic mass is 19.3. The van der Waals surface area contributed by atoms with Crippen LogP contribution in [-0.2, 0) is 19.0 Å². The lowest BCUT2D eigenvalue weighted by molar-refractivity contribution is -0.189. The molecule has 200 valence electrons. The van der Waals surface area contributed by atoms with Gasteiger partial charge >= 0.3 is 12.1 Å². The zero-order valence-electron chi connectivity index (χ0n) is 19.6. The first kappa shape index (κ1) is 27.2. The Hall–Kier alpha value is -3.89. The number of rotatable bonds is 7. The smallest absolute Gasteiger partial charge is 0.429 e. The Morgan fingerprint density at radius 2 is 1.47 bits per heavy atom. The van der Waals surface area contributed by atoms with E-state index in [0.29, 0.717) is 18.1 Å². The van der Waals surface area contributed by atoms with Crippen LogP contribution >= 0.6 is 0 Å². The van der Waals surface area contributed by atoms with Crippen LogP contribution < -0.4 is 9.47 Å². The molecular weight excluding hydrogens is 524 g/mol. The lowest BCUT2D eigenvalue weighted by atomic mass is 10.0. The molecule has 0 bridgehead atoms. The highest BCUT2D eigenvalue weighted by Gasteiger charge is 2.42. The monoisotopic (exact) mass is 542 g/mol. The first-order valence-electron chi connectivity index (χ1n) is 11.3. The van der Waals surface area contributed by atoms with Gasteiger partial charge in [0, 0.05) is 30.3 Å². The summed E-state index contributed by atoms with van der Waals surface area (Å²) in [4.78, 5) is 12.5. The van der Waals surface area contributed by atoms with Crippen molar-refractivity contribution in [1.29, 1.82) is 0 Å². The van der Waals surface area contributed by atoms with Crippen LogP contribution in [-0.4, -0.2) is 5.97 Å². The largest absolute Gasteiger partial charge is 0.432 e. The van der Waals surface area contributed by atoms with Crippen LogP contribution in [0.15, 0.2) is 48.5 Å². The SMILES string of the molecule is CCC1Cc2ccc(C(=O)Oc3cc(F)c(C(F)(F)Oc4cc(F)c(C=C(F)F)c(F)c4)c(F)c3)cc2C1. The number of alkyl halides is 2. The van der Waals surface area contributed by atoms with E-state index in [0.717, 1.165) is 30.4 Å². The number of carbonyl (C=O) groups excluding carboxylic acids is 1. The Labute approximate surface area is 211 Å². The number of carbonyl (C=O) groups is 1. The molecule has 0 amide bonds. The Bertz CT molecular complexity index is 1380. The van der Waals surface area contributed by atoms with Crippen molar-refractivity contribution in [2.24, 2.45) is 5.92 Å². The quantitative estimate of drug-likeness (QED) is 0.173. The molecule has 0 aromatic heterocycles. The molecule has 3 nitrogen and oxygen atoms in total. The summed E-state index contributed by atoms with van der Waals surface area (Å²) in [7, 11) is 0. The summed E-state index contributed by atoms with van der Waals surface area (Å²) in [5, 5.41) is 0. The zero-order valence-corrected chi connectivity index (χ0v) is 19.6. The molecule has 1 aliphatic carbocycles. The molecule has 1 unspecified atom stereocenters. The Kier molecular flexibility index (Phi) is 7.48. The third kappa shape index (κ3) is 5.66. The summed E-state index contributed by atoms with van der Waals surface area (Å²) in [6, 6.07) is 5.81. The van der Waals surface area contributed by atoms with E-state index in [1.165, 1.54) is 6.07 Å². The Morgan fingerprint density at radius 3 is 2.05 bits per heavy atom. The summed E-state index contributed by atoms with van der Waals surface area (Å²) in [5.41, 5.74) is -1.02. The topological polar surface area (TPSA) is 35.5 Å². The summed E-state index contributed by atoms with van der Waals surface area (Å²) in [6.07, 6.45) is -4.83. The molecule has 1 atom stereocenters. The summed E-state index contributed by atoms with van der Waals surface area (Å²) < 4.78 is 120. The molecule has 0 heterocycles. The molecule has 3 aromatic rings. The summed E-state index contributed by atoms with van der Waals surface area (Å²) >= 11 is 0. The maximum Gasteiger partial charge on any atom is 0.432 e. The van der Waals surface area contributed by atoms with Gasteiger partial charge in [0.2, 0.25) is 0 Å². The summed E-state index contributed by atoms with van der Waals surface area (Å²) in [5.74, 6) is -9.57. The molecule has 0 N–H and O–H groups in total. The van der Waals surface area contributed by atoms with E-state index in [9.17, 15) is 39.9 Å². The van der Waals surface area contributed by atoms with Crippen LogP contribution in [0.25, 0.3) is 6.08 Å². The molecular formula is C27H18F8O3. The molecule has 38 heavy (non-hydrogen) atoms. The van der Waals surface area contributed by atoms with Gasteiger partial charge in [-0.15, -0.1) is 0 Å². The summed E-state index contributed by atoms with van der Waals surface area (Å²) in [6.45, 7) is 2.05. The number of benzene rings is 3. The average Bonchev–Trinajstić information content (AvgIpc) is 3.23. The first-order valence-corrected chi connectivity index (χ1v) is 11.3. The van der Waals surface area contributed by atoms with Crippen molar-refractivity contribution in [1.82, 2.24) is 0 Å². The van der Waals surface area contributed by atoms with Crippen LogP contribution in [0.5, 0.6) is 11.5 Å². The predicted molar refractivity (Wildman–Crippen MR) is 120 cm³/mol. The fourth-order valence-electron chi connectivity index (χ4n) is 4.24. The predicted octanol–water partition coefficient (Wildman–Crippen LogP) is 7.95. The van der Waals surface area contributed by atoms with Crippen molar-refractivity contribution in [2.75, 3.05) is 0 Å². The minimum absolute atomic E-state index is 0.106. The standard InChI is InChI=1S/C27H18F8O3/c1-2-13-5-14-3-4-15(7-16(14)6-13)26(36)37-17-8-22(30)25(23(31)9-17)27(34,35)38-18-10-20(28)19(12-24(32)33)21(29)11-18/h3-4,7-13H,2,5-6H2,1H3. The molecule has 0 fully saturated rings. The van der Waals surface area contributed by atoms with Crippen LogP contribution in [0.1, 0.15) is 46.0 Å². The number of fused-ring (bicyclic) bond motifs is 1. The normalized spacial score (nSPS) is 14.7. The van der Waals surface area contributed by atoms with E-state index < -0.39 is 64.1 Å². The molecule has 0 spiro atoms. The Balaban J connectivity index is 1.54. The second-order valence-corrected chi connectivity index (χ2v) is 8.67. The molecule has 0 saturated carbocycles. The molecule has 0 aliphatic heterocycles. The van der Waals surface area contributed by atoms with Gasteiger partial charge in [0.05, 0.1) is 11.1 Å². The van der Waals surface area contributed by atoms with E-state index in [-0.39, 0.29) is 23.8 Å². The van der Waals surface area contributed by atoms with Crippen LogP contribution in [0.4, 0.5) is 35.1 Å². The van der Waals surface area contributed by atoms with E-state index >= 15 is 0 Å². The first-order chi connectivity index (χ1) is 17.9. The maximum atomic E-state index is 14.6. The van der Waals surface area contributed by atoms with Crippen molar-refractivity contribution in [3.63, 3.8) is 0 Å². The molecule has 4 rings (SSSR count). The average molecular weight is 542 g/mol. The van der Waals surface area contributed by atoms with Crippen molar-refractivity contribution in [2.45, 2.75) is 32.3 Å². The number of halogens is 8. The lowest BCUT2D eigenvalue weighted by Gasteiger charge is -2.20. The van der Waals surface area contributed by atoms with E-state index in [1.54, 1.807) is 12.1 Å². The van der Waals surface area contributed by atoms with Crippen molar-refractivity contribution < 1.29 is 49.4 Å². The van der Waals surface area contributed by atoms with Gasteiger partial charge in [-0.05, 0) is 42.0 Å². The number of esters is 1. The van der Waals surface area contributed by atoms with Gasteiger partial charge in [0.1, 0.15) is 40.3 Å². The van der Waals surface area contributed by atoms with Crippen molar-refractivity contribution in [3.05, 3.63) is 99.6 Å². The fourth-order valence-corrected chi connectivity index (χ4v) is 4.24. The maximum absolute atomic E-state index is 14.6. The third-order valence-electron chi connectivity index (χ3n) is 6.11. The van der Waals surface area contributed by atoms with Crippen LogP contribution in [0.2, 0.25) is 0 Å². The van der Waals surface area contributed by atoms with Gasteiger partial charge < -0.3 is 9.47 Å². The fraction of sp³-hybridized carbons (Fsp3) is 0.222. The van der Waals surface area contributed by atoms with Gasteiger partial charge in [0.25, 0.3) is 6.08 Å². The van der Waals surface area contributed by atoms with Crippen LogP contribution in [0.3, 0.4) is 0 Å². The van der Waals surface area contributed by atoms with Gasteiger partial charge in [-0.2, -0.15) is 17.6 Å². The van der Waals surface area contributed by atoms with Crippen molar-refractivity contribution in [3.8, 4) is 11.5 Å². The van der Waals surface area contributed by atoms with Crippen LogP contribution in [0, 0.1) is 29.2 Å². The second kappa shape index (κ2) is 10.5. The zero-order chi connectivity index (χ0) is 27.8. The number of hydrogen-bond acceptors (Lipinski definition) is 3. The minimum Gasteiger partial charge on any atom is -0.429 e. The van der Waals surface area contributed by atoms with E-state index in [4.69, 9.17) is 4.74 Å². The molecule has 0 radical (unpaired) electrons. The van der Waals surface area contributed by atoms with Gasteiger partial charge in [-0.1, -0.05) is 19.4 Å². The number of ether oxygens (including phenoxy) is 2. The molecule has 3 aromatic carbocycles. The van der Waals surface area contributed by atoms with Crippen molar-refractivity contribution >= 4 is 12.0 Å². The highest BCUT2D eigenvalue weighted by Crippen LogP contribution is 2.38. The number of hydrogen-bond donors (Lipinski definition) is 0. The van der Waals surface area contributed by atoms with Gasteiger partial charge in [-0.3, -0.25) is 0 Å². The highest BCUT2D eigenvalue weighted by molar-refractivity contribution is 5.91. The Morgan fingerprint density at radius 1 is 0.895 bits per heavy atom. The second-order valence-electron chi connectivity index (χ2n) is 8.67. The molecule has 1 aliphatic rings. The molecule has 11 heteroatoms. The lowest BCUT2D eigenvalue weighted by Crippen LogP contribution is -2.25. The minimum atomic E-state index is -4.80.